The van der Waals surface area contributed by atoms with Crippen molar-refractivity contribution in [3.05, 3.63) is 62.3 Å². The van der Waals surface area contributed by atoms with E-state index in [1.165, 1.54) is 18.4 Å². The number of carbonyl (C=O) groups excluding carboxylic acids is 1. The number of hydrogen-bond donors (Lipinski definition) is 0. The summed E-state index contributed by atoms with van der Waals surface area (Å²) in [4.78, 5) is 18.6. The summed E-state index contributed by atoms with van der Waals surface area (Å²) >= 11 is 9.98. The maximum absolute atomic E-state index is 12.5. The van der Waals surface area contributed by atoms with E-state index in [0.29, 0.717) is 24.6 Å². The fraction of sp³-hybridized carbons (Fsp3) is 0.294. The number of halogens is 2. The molecule has 1 aliphatic heterocycles. The Balaban J connectivity index is 1.67. The van der Waals surface area contributed by atoms with Crippen molar-refractivity contribution in [3.8, 4) is 0 Å². The molecule has 2 aliphatic rings. The number of benzene rings is 1. The van der Waals surface area contributed by atoms with Gasteiger partial charge in [-0.15, -0.1) is 0 Å². The Bertz CT molecular complexity index is 773. The van der Waals surface area contributed by atoms with Crippen LogP contribution in [-0.4, -0.2) is 15.8 Å². The predicted molar refractivity (Wildman–Crippen MR) is 88.9 cm³/mol. The van der Waals surface area contributed by atoms with Crippen molar-refractivity contribution >= 4 is 33.4 Å². The molecule has 0 bridgehead atoms. The summed E-state index contributed by atoms with van der Waals surface area (Å²) in [6.07, 6.45) is 4.14. The van der Waals surface area contributed by atoms with Gasteiger partial charge in [-0.05, 0) is 54.2 Å². The molecule has 1 amide bonds. The van der Waals surface area contributed by atoms with Gasteiger partial charge in [0.25, 0.3) is 5.91 Å². The van der Waals surface area contributed by atoms with Crippen molar-refractivity contribution in [2.45, 2.75) is 31.8 Å². The van der Waals surface area contributed by atoms with E-state index in [9.17, 15) is 4.79 Å². The van der Waals surface area contributed by atoms with Gasteiger partial charge in [0.2, 0.25) is 0 Å². The predicted octanol–water partition coefficient (Wildman–Crippen LogP) is 4.53. The molecule has 2 aromatic rings. The molecule has 1 aromatic carbocycles. The van der Waals surface area contributed by atoms with Crippen molar-refractivity contribution in [3.63, 3.8) is 0 Å². The number of pyridine rings is 1. The standard InChI is InChI=1S/C17H14BrClN2O/c18-11-6-13(10-3-4-10)14(15(19)7-11)8-21-9-16-12(17(21)22)2-1-5-20-16/h1-2,5-7,10H,3-4,8-9H2. The Labute approximate surface area is 142 Å². The van der Waals surface area contributed by atoms with E-state index < -0.39 is 0 Å². The summed E-state index contributed by atoms with van der Waals surface area (Å²) in [5.74, 6) is 0.632. The van der Waals surface area contributed by atoms with Crippen molar-refractivity contribution < 1.29 is 4.79 Å². The van der Waals surface area contributed by atoms with E-state index in [4.69, 9.17) is 11.6 Å². The van der Waals surface area contributed by atoms with E-state index in [2.05, 4.69) is 27.0 Å². The van der Waals surface area contributed by atoms with Crippen LogP contribution in [-0.2, 0) is 13.1 Å². The minimum absolute atomic E-state index is 0.0452. The fourth-order valence-corrected chi connectivity index (χ4v) is 3.94. The molecule has 0 radical (unpaired) electrons. The Morgan fingerprint density at radius 2 is 2.18 bits per heavy atom. The van der Waals surface area contributed by atoms with Crippen LogP contribution in [0.15, 0.2) is 34.9 Å². The van der Waals surface area contributed by atoms with Crippen LogP contribution >= 0.6 is 27.5 Å². The Morgan fingerprint density at radius 3 is 2.91 bits per heavy atom. The summed E-state index contributed by atoms with van der Waals surface area (Å²) in [5.41, 5.74) is 3.92. The number of nitrogens with zero attached hydrogens (tertiary/aromatic N) is 2. The normalized spacial score (nSPS) is 17.0. The monoisotopic (exact) mass is 376 g/mol. The molecule has 1 fully saturated rings. The quantitative estimate of drug-likeness (QED) is 0.787. The highest BCUT2D eigenvalue weighted by Crippen LogP contribution is 2.45. The van der Waals surface area contributed by atoms with Gasteiger partial charge in [0.15, 0.2) is 0 Å². The van der Waals surface area contributed by atoms with Gasteiger partial charge in [0, 0.05) is 22.2 Å². The molecule has 5 heteroatoms. The molecule has 2 heterocycles. The van der Waals surface area contributed by atoms with Crippen molar-refractivity contribution in [1.29, 1.82) is 0 Å². The molecule has 3 nitrogen and oxygen atoms in total. The van der Waals surface area contributed by atoms with E-state index >= 15 is 0 Å². The molecule has 22 heavy (non-hydrogen) atoms. The molecule has 0 spiro atoms. The maximum Gasteiger partial charge on any atom is 0.256 e. The third kappa shape index (κ3) is 2.44. The summed E-state index contributed by atoms with van der Waals surface area (Å²) < 4.78 is 1.00. The van der Waals surface area contributed by atoms with Crippen LogP contribution < -0.4 is 0 Å². The van der Waals surface area contributed by atoms with Gasteiger partial charge in [0.1, 0.15) is 0 Å². The van der Waals surface area contributed by atoms with Crippen LogP contribution in [0.3, 0.4) is 0 Å². The van der Waals surface area contributed by atoms with Crippen LogP contribution in [0.25, 0.3) is 0 Å². The first-order valence-corrected chi connectivity index (χ1v) is 8.51. The second-order valence-corrected chi connectivity index (χ2v) is 7.21. The number of rotatable bonds is 3. The molecule has 0 saturated heterocycles. The Hall–Kier alpha value is -1.39. The molecule has 1 aliphatic carbocycles. The third-order valence-electron chi connectivity index (χ3n) is 4.31. The smallest absolute Gasteiger partial charge is 0.256 e. The Kier molecular flexibility index (Phi) is 3.46. The number of amides is 1. The lowest BCUT2D eigenvalue weighted by Crippen LogP contribution is -2.24. The van der Waals surface area contributed by atoms with Gasteiger partial charge in [-0.25, -0.2) is 0 Å². The van der Waals surface area contributed by atoms with Crippen LogP contribution in [0.2, 0.25) is 5.02 Å². The molecule has 0 unspecified atom stereocenters. The molecule has 0 atom stereocenters. The van der Waals surface area contributed by atoms with Crippen molar-refractivity contribution in [2.75, 3.05) is 0 Å². The molecule has 4 rings (SSSR count). The van der Waals surface area contributed by atoms with E-state index in [-0.39, 0.29) is 5.91 Å². The first-order valence-electron chi connectivity index (χ1n) is 7.34. The zero-order valence-corrected chi connectivity index (χ0v) is 14.2. The van der Waals surface area contributed by atoms with Gasteiger partial charge in [0.05, 0.1) is 17.8 Å². The number of aromatic nitrogens is 1. The number of carbonyl (C=O) groups is 1. The highest BCUT2D eigenvalue weighted by molar-refractivity contribution is 9.10. The molecule has 1 saturated carbocycles. The average molecular weight is 378 g/mol. The minimum Gasteiger partial charge on any atom is -0.328 e. The second kappa shape index (κ2) is 5.36. The van der Waals surface area contributed by atoms with Gasteiger partial charge < -0.3 is 4.90 Å². The fourth-order valence-electron chi connectivity index (χ4n) is 3.05. The molecule has 0 N–H and O–H groups in total. The SMILES string of the molecule is O=C1c2cccnc2CN1Cc1c(Cl)cc(Br)cc1C1CC1. The first-order chi connectivity index (χ1) is 10.6. The molecule has 112 valence electrons. The zero-order chi connectivity index (χ0) is 15.3. The minimum atomic E-state index is 0.0452. The average Bonchev–Trinajstić information content (AvgIpc) is 3.28. The largest absolute Gasteiger partial charge is 0.328 e. The van der Waals surface area contributed by atoms with Crippen LogP contribution in [0.5, 0.6) is 0 Å². The summed E-state index contributed by atoms with van der Waals surface area (Å²) in [6, 6.07) is 7.71. The van der Waals surface area contributed by atoms with Crippen LogP contribution in [0.4, 0.5) is 0 Å². The first kappa shape index (κ1) is 14.2. The van der Waals surface area contributed by atoms with Gasteiger partial charge >= 0.3 is 0 Å². The second-order valence-electron chi connectivity index (χ2n) is 5.89. The summed E-state index contributed by atoms with van der Waals surface area (Å²) in [7, 11) is 0. The van der Waals surface area contributed by atoms with Crippen molar-refractivity contribution in [2.24, 2.45) is 0 Å². The number of hydrogen-bond acceptors (Lipinski definition) is 2. The Morgan fingerprint density at radius 1 is 1.36 bits per heavy atom. The highest BCUT2D eigenvalue weighted by atomic mass is 79.9. The molecular formula is C17H14BrClN2O. The lowest BCUT2D eigenvalue weighted by molar-refractivity contribution is 0.0766. The van der Waals surface area contributed by atoms with Gasteiger partial charge in [-0.1, -0.05) is 27.5 Å². The maximum atomic E-state index is 12.5. The molecule has 1 aromatic heterocycles. The lowest BCUT2D eigenvalue weighted by atomic mass is 10.0. The number of fused-ring (bicyclic) bond motifs is 1. The molecular weight excluding hydrogens is 364 g/mol. The highest BCUT2D eigenvalue weighted by Gasteiger charge is 2.32. The van der Waals surface area contributed by atoms with Crippen LogP contribution in [0.1, 0.15) is 45.9 Å². The van der Waals surface area contributed by atoms with Gasteiger partial charge in [-0.2, -0.15) is 0 Å². The van der Waals surface area contributed by atoms with Crippen LogP contribution in [0, 0.1) is 0 Å². The zero-order valence-electron chi connectivity index (χ0n) is 11.9. The summed E-state index contributed by atoms with van der Waals surface area (Å²) in [5, 5.41) is 0.730. The van der Waals surface area contributed by atoms with E-state index in [0.717, 1.165) is 20.8 Å². The van der Waals surface area contributed by atoms with Crippen molar-refractivity contribution in [1.82, 2.24) is 9.88 Å². The van der Waals surface area contributed by atoms with E-state index in [1.54, 1.807) is 6.20 Å². The summed E-state index contributed by atoms with van der Waals surface area (Å²) in [6.45, 7) is 1.11. The lowest BCUT2D eigenvalue weighted by Gasteiger charge is -2.19. The third-order valence-corrected chi connectivity index (χ3v) is 5.10. The van der Waals surface area contributed by atoms with Gasteiger partial charge in [-0.3, -0.25) is 9.78 Å². The topological polar surface area (TPSA) is 33.2 Å². The van der Waals surface area contributed by atoms with E-state index in [1.807, 2.05) is 23.1 Å².